The summed E-state index contributed by atoms with van der Waals surface area (Å²) >= 11 is 0. The maximum atomic E-state index is 12.3. The Hall–Kier alpha value is -2.21. The van der Waals surface area contributed by atoms with Crippen LogP contribution in [-0.4, -0.2) is 39.2 Å². The zero-order valence-electron chi connectivity index (χ0n) is 15.0. The molecule has 0 saturated carbocycles. The molecule has 6 nitrogen and oxygen atoms in total. The highest BCUT2D eigenvalue weighted by atomic mass is 16.2. The number of likely N-dealkylation sites (N-methyl/N-ethyl adjacent to an activating group) is 1. The third-order valence-corrected chi connectivity index (χ3v) is 3.83. The van der Waals surface area contributed by atoms with Crippen molar-refractivity contribution >= 4 is 5.91 Å². The summed E-state index contributed by atoms with van der Waals surface area (Å²) in [5.41, 5.74) is 2.44. The van der Waals surface area contributed by atoms with Crippen molar-refractivity contribution in [1.82, 2.24) is 25.0 Å². The van der Waals surface area contributed by atoms with Crippen LogP contribution in [0, 0.1) is 6.92 Å². The maximum Gasteiger partial charge on any atom is 0.234 e. The Morgan fingerprint density at radius 1 is 1.33 bits per heavy atom. The van der Waals surface area contributed by atoms with E-state index < -0.39 is 0 Å². The molecule has 0 aliphatic carbocycles. The van der Waals surface area contributed by atoms with Crippen molar-refractivity contribution in [2.24, 2.45) is 0 Å². The molecule has 0 saturated heterocycles. The molecule has 0 spiro atoms. The number of hydrogen-bond acceptors (Lipinski definition) is 4. The van der Waals surface area contributed by atoms with Gasteiger partial charge in [-0.05, 0) is 32.9 Å². The summed E-state index contributed by atoms with van der Waals surface area (Å²) in [6, 6.07) is 8.22. The van der Waals surface area contributed by atoms with Gasteiger partial charge in [0.1, 0.15) is 12.2 Å². The molecule has 0 aliphatic heterocycles. The summed E-state index contributed by atoms with van der Waals surface area (Å²) in [5, 5.41) is 7.20. The highest BCUT2D eigenvalue weighted by molar-refractivity contribution is 5.78. The number of aromatic nitrogens is 3. The minimum absolute atomic E-state index is 0.0110. The fraction of sp³-hybridized carbons (Fsp3) is 0.500. The molecular formula is C18H27N5O. The molecule has 0 fully saturated rings. The molecule has 24 heavy (non-hydrogen) atoms. The number of rotatable bonds is 8. The first-order chi connectivity index (χ1) is 11.5. The fourth-order valence-electron chi connectivity index (χ4n) is 2.65. The molecule has 1 N–H and O–H groups in total. The third kappa shape index (κ3) is 5.16. The van der Waals surface area contributed by atoms with Gasteiger partial charge in [-0.15, -0.1) is 0 Å². The van der Waals surface area contributed by atoms with E-state index in [9.17, 15) is 4.79 Å². The Morgan fingerprint density at radius 3 is 2.71 bits per heavy atom. The average molecular weight is 329 g/mol. The van der Waals surface area contributed by atoms with E-state index in [4.69, 9.17) is 0 Å². The zero-order chi connectivity index (χ0) is 17.5. The second-order valence-electron chi connectivity index (χ2n) is 6.29. The van der Waals surface area contributed by atoms with E-state index in [0.717, 1.165) is 25.3 Å². The van der Waals surface area contributed by atoms with Gasteiger partial charge in [0.15, 0.2) is 0 Å². The number of carbonyl (C=O) groups is 1. The van der Waals surface area contributed by atoms with Crippen molar-refractivity contribution in [1.29, 1.82) is 0 Å². The number of nitrogens with zero attached hydrogens (tertiary/aromatic N) is 4. The second-order valence-corrected chi connectivity index (χ2v) is 6.29. The van der Waals surface area contributed by atoms with Crippen molar-refractivity contribution < 1.29 is 4.79 Å². The minimum Gasteiger partial charge on any atom is -0.345 e. The first-order valence-corrected chi connectivity index (χ1v) is 8.40. The molecule has 1 heterocycles. The van der Waals surface area contributed by atoms with Crippen LogP contribution in [0.15, 0.2) is 30.6 Å². The van der Waals surface area contributed by atoms with Crippen molar-refractivity contribution in [2.45, 2.75) is 46.3 Å². The van der Waals surface area contributed by atoms with Crippen LogP contribution in [0.4, 0.5) is 0 Å². The predicted octanol–water partition coefficient (Wildman–Crippen LogP) is 2.31. The maximum absolute atomic E-state index is 12.3. The van der Waals surface area contributed by atoms with E-state index in [-0.39, 0.29) is 11.9 Å². The summed E-state index contributed by atoms with van der Waals surface area (Å²) in [6.07, 6.45) is 2.52. The van der Waals surface area contributed by atoms with Crippen molar-refractivity contribution in [3.05, 3.63) is 47.5 Å². The molecule has 1 atom stereocenters. The second kappa shape index (κ2) is 8.59. The Balaban J connectivity index is 1.85. The fourth-order valence-corrected chi connectivity index (χ4v) is 2.65. The van der Waals surface area contributed by atoms with Gasteiger partial charge in [-0.1, -0.05) is 36.8 Å². The van der Waals surface area contributed by atoms with Gasteiger partial charge in [-0.2, -0.15) is 5.10 Å². The lowest BCUT2D eigenvalue weighted by Gasteiger charge is -2.19. The minimum atomic E-state index is -0.153. The lowest BCUT2D eigenvalue weighted by Crippen LogP contribution is -2.37. The molecule has 1 aromatic heterocycles. The standard InChI is InChI=1S/C18H27N5O/c1-5-10-23-18(19-13-20-23)15(3)21-17(24)12-22(4)11-16-8-6-14(2)7-9-16/h6-9,13,15H,5,10-12H2,1-4H3,(H,21,24)/t15-/m1/s1. The summed E-state index contributed by atoms with van der Waals surface area (Å²) in [7, 11) is 1.95. The van der Waals surface area contributed by atoms with Crippen LogP contribution >= 0.6 is 0 Å². The number of aryl methyl sites for hydroxylation is 2. The van der Waals surface area contributed by atoms with Crippen LogP contribution in [-0.2, 0) is 17.9 Å². The monoisotopic (exact) mass is 329 g/mol. The molecule has 0 bridgehead atoms. The molecule has 0 unspecified atom stereocenters. The van der Waals surface area contributed by atoms with E-state index in [1.807, 2.05) is 23.6 Å². The van der Waals surface area contributed by atoms with Crippen LogP contribution in [0.1, 0.15) is 43.3 Å². The summed E-state index contributed by atoms with van der Waals surface area (Å²) in [6.45, 7) is 8.00. The zero-order valence-corrected chi connectivity index (χ0v) is 15.0. The number of benzene rings is 1. The van der Waals surface area contributed by atoms with Crippen LogP contribution in [0.2, 0.25) is 0 Å². The van der Waals surface area contributed by atoms with Crippen LogP contribution in [0.25, 0.3) is 0 Å². The Bertz CT molecular complexity index is 650. The molecule has 0 radical (unpaired) electrons. The van der Waals surface area contributed by atoms with E-state index in [1.54, 1.807) is 0 Å². The summed E-state index contributed by atoms with van der Waals surface area (Å²) in [5.74, 6) is 0.787. The lowest BCUT2D eigenvalue weighted by atomic mass is 10.1. The van der Waals surface area contributed by atoms with Crippen molar-refractivity contribution in [3.63, 3.8) is 0 Å². The lowest BCUT2D eigenvalue weighted by molar-refractivity contribution is -0.122. The van der Waals surface area contributed by atoms with Gasteiger partial charge in [0.2, 0.25) is 5.91 Å². The van der Waals surface area contributed by atoms with E-state index in [1.165, 1.54) is 17.5 Å². The highest BCUT2D eigenvalue weighted by Crippen LogP contribution is 2.09. The van der Waals surface area contributed by atoms with Gasteiger partial charge in [-0.25, -0.2) is 9.67 Å². The van der Waals surface area contributed by atoms with Gasteiger partial charge in [0.05, 0.1) is 12.6 Å². The molecule has 2 rings (SSSR count). The first kappa shape index (κ1) is 18.1. The summed E-state index contributed by atoms with van der Waals surface area (Å²) < 4.78 is 1.85. The molecular weight excluding hydrogens is 302 g/mol. The van der Waals surface area contributed by atoms with Gasteiger partial charge in [-0.3, -0.25) is 9.69 Å². The van der Waals surface area contributed by atoms with Crippen LogP contribution in [0.3, 0.4) is 0 Å². The largest absolute Gasteiger partial charge is 0.345 e. The number of hydrogen-bond donors (Lipinski definition) is 1. The normalized spacial score (nSPS) is 12.4. The topological polar surface area (TPSA) is 63.1 Å². The smallest absolute Gasteiger partial charge is 0.234 e. The molecule has 1 amide bonds. The molecule has 0 aliphatic rings. The van der Waals surface area contributed by atoms with Crippen LogP contribution < -0.4 is 5.32 Å². The van der Waals surface area contributed by atoms with E-state index in [2.05, 4.69) is 53.5 Å². The molecule has 130 valence electrons. The molecule has 1 aromatic carbocycles. The quantitative estimate of drug-likeness (QED) is 0.807. The van der Waals surface area contributed by atoms with Crippen molar-refractivity contribution in [2.75, 3.05) is 13.6 Å². The SMILES string of the molecule is CCCn1ncnc1[C@@H](C)NC(=O)CN(C)Cc1ccc(C)cc1. The average Bonchev–Trinajstić information content (AvgIpc) is 2.98. The Labute approximate surface area is 143 Å². The summed E-state index contributed by atoms with van der Waals surface area (Å²) in [4.78, 5) is 18.5. The Morgan fingerprint density at radius 2 is 2.04 bits per heavy atom. The van der Waals surface area contributed by atoms with Crippen molar-refractivity contribution in [3.8, 4) is 0 Å². The number of nitrogens with one attached hydrogen (secondary N) is 1. The molecule has 2 aromatic rings. The number of carbonyl (C=O) groups excluding carboxylic acids is 1. The van der Waals surface area contributed by atoms with Gasteiger partial charge in [0, 0.05) is 13.1 Å². The van der Waals surface area contributed by atoms with Gasteiger partial charge >= 0.3 is 0 Å². The number of amides is 1. The molecule has 6 heteroatoms. The third-order valence-electron chi connectivity index (χ3n) is 3.83. The van der Waals surface area contributed by atoms with E-state index >= 15 is 0 Å². The van der Waals surface area contributed by atoms with E-state index in [0.29, 0.717) is 6.54 Å². The van der Waals surface area contributed by atoms with Gasteiger partial charge in [0.25, 0.3) is 0 Å². The van der Waals surface area contributed by atoms with Crippen LogP contribution in [0.5, 0.6) is 0 Å². The Kier molecular flexibility index (Phi) is 6.49. The van der Waals surface area contributed by atoms with Gasteiger partial charge < -0.3 is 5.32 Å². The predicted molar refractivity (Wildman–Crippen MR) is 94.4 cm³/mol. The highest BCUT2D eigenvalue weighted by Gasteiger charge is 2.16. The first-order valence-electron chi connectivity index (χ1n) is 8.40.